The maximum atomic E-state index is 12.6. The summed E-state index contributed by atoms with van der Waals surface area (Å²) >= 11 is 0. The summed E-state index contributed by atoms with van der Waals surface area (Å²) in [5.41, 5.74) is 1.17. The van der Waals surface area contributed by atoms with Crippen LogP contribution in [0.15, 0.2) is 30.3 Å². The van der Waals surface area contributed by atoms with Crippen LogP contribution in [0.5, 0.6) is 0 Å². The van der Waals surface area contributed by atoms with Crippen molar-refractivity contribution in [2.24, 2.45) is 5.92 Å². The molecule has 1 aromatic carbocycles. The van der Waals surface area contributed by atoms with E-state index in [4.69, 9.17) is 0 Å². The fourth-order valence-corrected chi connectivity index (χ4v) is 3.48. The predicted molar refractivity (Wildman–Crippen MR) is 93.5 cm³/mol. The summed E-state index contributed by atoms with van der Waals surface area (Å²) in [5.74, 6) is 0.649. The molecular weight excluding hydrogens is 288 g/mol. The number of piperidine rings is 1. The Morgan fingerprint density at radius 3 is 2.70 bits per heavy atom. The molecule has 2 unspecified atom stereocenters. The Hall–Kier alpha value is -1.55. The van der Waals surface area contributed by atoms with E-state index in [2.05, 4.69) is 31.3 Å². The second-order valence-corrected chi connectivity index (χ2v) is 6.81. The summed E-state index contributed by atoms with van der Waals surface area (Å²) in [6.07, 6.45) is 4.07. The Morgan fingerprint density at radius 2 is 2.04 bits per heavy atom. The summed E-state index contributed by atoms with van der Waals surface area (Å²) in [6, 6.07) is 10.5. The number of urea groups is 1. The highest BCUT2D eigenvalue weighted by Crippen LogP contribution is 2.23. The van der Waals surface area contributed by atoms with Gasteiger partial charge in [-0.3, -0.25) is 0 Å². The molecule has 1 aliphatic heterocycles. The third-order valence-corrected chi connectivity index (χ3v) is 4.83. The van der Waals surface area contributed by atoms with Gasteiger partial charge in [0.1, 0.15) is 0 Å². The minimum Gasteiger partial charge on any atom is -0.396 e. The van der Waals surface area contributed by atoms with E-state index < -0.39 is 0 Å². The molecule has 128 valence electrons. The van der Waals surface area contributed by atoms with Crippen LogP contribution in [0.4, 0.5) is 4.79 Å². The quantitative estimate of drug-likeness (QED) is 0.845. The predicted octanol–water partition coefficient (Wildman–Crippen LogP) is 3.37. The number of hydrogen-bond acceptors (Lipinski definition) is 2. The molecule has 2 N–H and O–H groups in total. The normalized spacial score (nSPS) is 19.7. The number of aliphatic hydroxyl groups excluding tert-OH is 1. The molecule has 2 rings (SSSR count). The van der Waals surface area contributed by atoms with E-state index in [1.165, 1.54) is 12.0 Å². The number of rotatable bonds is 6. The van der Waals surface area contributed by atoms with Gasteiger partial charge in [-0.1, -0.05) is 44.2 Å². The Morgan fingerprint density at radius 1 is 1.30 bits per heavy atom. The van der Waals surface area contributed by atoms with Gasteiger partial charge in [0.15, 0.2) is 0 Å². The number of carbonyl (C=O) groups is 1. The zero-order valence-electron chi connectivity index (χ0n) is 14.4. The van der Waals surface area contributed by atoms with Gasteiger partial charge in [-0.15, -0.1) is 0 Å². The van der Waals surface area contributed by atoms with E-state index in [1.807, 2.05) is 23.1 Å². The van der Waals surface area contributed by atoms with Gasteiger partial charge in [-0.2, -0.15) is 0 Å². The lowest BCUT2D eigenvalue weighted by Crippen LogP contribution is -2.51. The number of nitrogens with zero attached hydrogens (tertiary/aromatic N) is 1. The van der Waals surface area contributed by atoms with Crippen molar-refractivity contribution in [1.29, 1.82) is 0 Å². The van der Waals surface area contributed by atoms with Gasteiger partial charge in [0, 0.05) is 31.7 Å². The van der Waals surface area contributed by atoms with Gasteiger partial charge in [0.05, 0.1) is 0 Å². The first-order chi connectivity index (χ1) is 11.1. The molecule has 2 atom stereocenters. The molecule has 1 heterocycles. The number of nitrogens with one attached hydrogen (secondary N) is 1. The molecule has 0 aromatic heterocycles. The Kier molecular flexibility index (Phi) is 6.90. The van der Waals surface area contributed by atoms with Crippen molar-refractivity contribution >= 4 is 6.03 Å². The number of amides is 2. The van der Waals surface area contributed by atoms with Crippen LogP contribution in [-0.2, 0) is 0 Å². The molecule has 1 saturated heterocycles. The van der Waals surface area contributed by atoms with Crippen LogP contribution in [0.1, 0.15) is 51.0 Å². The van der Waals surface area contributed by atoms with Crippen LogP contribution in [0, 0.1) is 5.92 Å². The van der Waals surface area contributed by atoms with Crippen LogP contribution in [0.2, 0.25) is 0 Å². The maximum Gasteiger partial charge on any atom is 0.317 e. The highest BCUT2D eigenvalue weighted by molar-refractivity contribution is 5.74. The zero-order chi connectivity index (χ0) is 16.7. The van der Waals surface area contributed by atoms with Crippen molar-refractivity contribution in [2.75, 3.05) is 19.7 Å². The van der Waals surface area contributed by atoms with Crippen molar-refractivity contribution in [3.8, 4) is 0 Å². The van der Waals surface area contributed by atoms with Gasteiger partial charge in [-0.25, -0.2) is 4.79 Å². The summed E-state index contributed by atoms with van der Waals surface area (Å²) in [7, 11) is 0. The van der Waals surface area contributed by atoms with Crippen LogP contribution >= 0.6 is 0 Å². The Labute approximate surface area is 139 Å². The minimum absolute atomic E-state index is 0.0438. The average molecular weight is 318 g/mol. The van der Waals surface area contributed by atoms with Gasteiger partial charge in [-0.05, 0) is 37.2 Å². The zero-order valence-corrected chi connectivity index (χ0v) is 14.4. The summed E-state index contributed by atoms with van der Waals surface area (Å²) in [6.45, 7) is 5.94. The standard InChI is InChI=1S/C19H30N2O2/c1-15(2)18-10-6-7-12-21(18)19(23)20-14-17(11-13-22)16-8-4-3-5-9-16/h3-5,8-9,15,17-18,22H,6-7,10-14H2,1-2H3,(H,20,23). The van der Waals surface area contributed by atoms with Crippen LogP contribution in [-0.4, -0.2) is 41.8 Å². The fourth-order valence-electron chi connectivity index (χ4n) is 3.48. The SMILES string of the molecule is CC(C)C1CCCCN1C(=O)NCC(CCO)c1ccccc1. The fraction of sp³-hybridized carbons (Fsp3) is 0.632. The molecule has 4 nitrogen and oxygen atoms in total. The molecule has 4 heteroatoms. The van der Waals surface area contributed by atoms with E-state index in [9.17, 15) is 9.90 Å². The topological polar surface area (TPSA) is 52.6 Å². The third kappa shape index (κ3) is 4.96. The lowest BCUT2D eigenvalue weighted by molar-refractivity contribution is 0.127. The van der Waals surface area contributed by atoms with E-state index in [0.29, 0.717) is 24.9 Å². The molecule has 23 heavy (non-hydrogen) atoms. The number of hydrogen-bond donors (Lipinski definition) is 2. The van der Waals surface area contributed by atoms with Crippen molar-refractivity contribution < 1.29 is 9.90 Å². The smallest absolute Gasteiger partial charge is 0.317 e. The molecule has 1 aromatic rings. The number of likely N-dealkylation sites (tertiary alicyclic amines) is 1. The van der Waals surface area contributed by atoms with E-state index in [1.54, 1.807) is 0 Å². The first-order valence-corrected chi connectivity index (χ1v) is 8.83. The third-order valence-electron chi connectivity index (χ3n) is 4.83. The highest BCUT2D eigenvalue weighted by atomic mass is 16.3. The average Bonchev–Trinajstić information content (AvgIpc) is 2.59. The summed E-state index contributed by atoms with van der Waals surface area (Å²) in [4.78, 5) is 14.6. The minimum atomic E-state index is 0.0438. The van der Waals surface area contributed by atoms with E-state index in [-0.39, 0.29) is 18.6 Å². The molecule has 0 saturated carbocycles. The second-order valence-electron chi connectivity index (χ2n) is 6.81. The van der Waals surface area contributed by atoms with Gasteiger partial charge < -0.3 is 15.3 Å². The van der Waals surface area contributed by atoms with E-state index in [0.717, 1.165) is 19.4 Å². The molecule has 1 aliphatic rings. The molecule has 1 fully saturated rings. The van der Waals surface area contributed by atoms with Crippen LogP contribution < -0.4 is 5.32 Å². The van der Waals surface area contributed by atoms with Crippen molar-refractivity contribution in [3.63, 3.8) is 0 Å². The highest BCUT2D eigenvalue weighted by Gasteiger charge is 2.29. The van der Waals surface area contributed by atoms with Crippen LogP contribution in [0.25, 0.3) is 0 Å². The molecule has 0 bridgehead atoms. The molecule has 0 aliphatic carbocycles. The number of benzene rings is 1. The van der Waals surface area contributed by atoms with Gasteiger partial charge in [0.25, 0.3) is 0 Å². The summed E-state index contributed by atoms with van der Waals surface area (Å²) in [5, 5.41) is 12.4. The van der Waals surface area contributed by atoms with E-state index >= 15 is 0 Å². The van der Waals surface area contributed by atoms with Crippen LogP contribution in [0.3, 0.4) is 0 Å². The monoisotopic (exact) mass is 318 g/mol. The largest absolute Gasteiger partial charge is 0.396 e. The first kappa shape index (κ1) is 17.8. The number of aliphatic hydroxyl groups is 1. The molecule has 0 spiro atoms. The van der Waals surface area contributed by atoms with Gasteiger partial charge >= 0.3 is 6.03 Å². The maximum absolute atomic E-state index is 12.6. The molecule has 2 amide bonds. The van der Waals surface area contributed by atoms with Crippen molar-refractivity contribution in [3.05, 3.63) is 35.9 Å². The molecular formula is C19H30N2O2. The van der Waals surface area contributed by atoms with Crippen molar-refractivity contribution in [1.82, 2.24) is 10.2 Å². The lowest BCUT2D eigenvalue weighted by Gasteiger charge is -2.38. The van der Waals surface area contributed by atoms with Gasteiger partial charge in [0.2, 0.25) is 0 Å². The lowest BCUT2D eigenvalue weighted by atomic mass is 9.93. The first-order valence-electron chi connectivity index (χ1n) is 8.83. The van der Waals surface area contributed by atoms with Crippen molar-refractivity contribution in [2.45, 2.75) is 51.5 Å². The Bertz CT molecular complexity index is 476. The second kappa shape index (κ2) is 8.92. The summed E-state index contributed by atoms with van der Waals surface area (Å²) < 4.78 is 0. The Balaban J connectivity index is 1.95. The number of carbonyl (C=O) groups excluding carboxylic acids is 1. The molecule has 0 radical (unpaired) electrons.